The minimum absolute atomic E-state index is 0.113. The van der Waals surface area contributed by atoms with Gasteiger partial charge in [-0.05, 0) is 37.1 Å². The van der Waals surface area contributed by atoms with Crippen LogP contribution in [0.15, 0.2) is 24.3 Å². The Morgan fingerprint density at radius 1 is 1.32 bits per heavy atom. The van der Waals surface area contributed by atoms with Crippen LogP contribution in [0.1, 0.15) is 12.8 Å². The van der Waals surface area contributed by atoms with Crippen LogP contribution in [-0.4, -0.2) is 77.6 Å². The smallest absolute Gasteiger partial charge is 0.250 e. The Balaban J connectivity index is 1.68. The monoisotopic (exact) mass is 495 g/mol. The van der Waals surface area contributed by atoms with E-state index in [2.05, 4.69) is 26.6 Å². The zero-order valence-corrected chi connectivity index (χ0v) is 18.9. The summed E-state index contributed by atoms with van der Waals surface area (Å²) < 4.78 is 11.5. The van der Waals surface area contributed by atoms with Gasteiger partial charge in [-0.3, -0.25) is 14.4 Å². The van der Waals surface area contributed by atoms with E-state index in [0.29, 0.717) is 24.3 Å². The molecule has 1 aromatic carbocycles. The second-order valence-corrected chi connectivity index (χ2v) is 9.28. The largest absolute Gasteiger partial charge is 0.497 e. The molecule has 3 aliphatic heterocycles. The second-order valence-electron chi connectivity index (χ2n) is 8.10. The maximum absolute atomic E-state index is 13.5. The number of methoxy groups -OCH3 is 1. The first-order valence-corrected chi connectivity index (χ1v) is 11.2. The molecule has 3 saturated heterocycles. The van der Waals surface area contributed by atoms with E-state index >= 15 is 0 Å². The van der Waals surface area contributed by atoms with Crippen LogP contribution in [-0.2, 0) is 19.1 Å². The molecule has 4 rings (SSSR count). The molecule has 168 valence electrons. The van der Waals surface area contributed by atoms with E-state index in [0.717, 1.165) is 0 Å². The summed E-state index contributed by atoms with van der Waals surface area (Å²) in [5, 5.41) is 14.8. The van der Waals surface area contributed by atoms with Crippen molar-refractivity contribution in [1.29, 1.82) is 0 Å². The Bertz CT molecular complexity index is 880. The van der Waals surface area contributed by atoms with Crippen molar-refractivity contribution >= 4 is 39.3 Å². The molecule has 3 heterocycles. The number of aliphatic hydroxyl groups excluding tert-OH is 1. The first-order chi connectivity index (χ1) is 14.9. The maximum atomic E-state index is 13.5. The SMILES string of the molecule is CNC(=O)[C@H]1[C@@H]2OC3(CC2Br)C(C(=O)Nc2ccc(OC)cc2)N(CCCO)C(=O)[C@H]13. The quantitative estimate of drug-likeness (QED) is 0.474. The van der Waals surface area contributed by atoms with Gasteiger partial charge in [0.25, 0.3) is 0 Å². The molecule has 0 aliphatic carbocycles. The number of amides is 3. The number of likely N-dealkylation sites (tertiary alicyclic amines) is 1. The van der Waals surface area contributed by atoms with Crippen molar-refractivity contribution in [1.82, 2.24) is 10.2 Å². The van der Waals surface area contributed by atoms with Crippen LogP contribution in [0.25, 0.3) is 0 Å². The lowest BCUT2D eigenvalue weighted by molar-refractivity contribution is -0.140. The van der Waals surface area contributed by atoms with Crippen LogP contribution >= 0.6 is 15.9 Å². The van der Waals surface area contributed by atoms with Crippen molar-refractivity contribution in [3.8, 4) is 5.75 Å². The lowest BCUT2D eigenvalue weighted by Crippen LogP contribution is -2.54. The molecule has 2 bridgehead atoms. The van der Waals surface area contributed by atoms with Gasteiger partial charge in [0.2, 0.25) is 17.7 Å². The fourth-order valence-electron chi connectivity index (χ4n) is 5.26. The number of hydrogen-bond acceptors (Lipinski definition) is 6. The summed E-state index contributed by atoms with van der Waals surface area (Å²) in [7, 11) is 3.09. The number of nitrogens with one attached hydrogen (secondary N) is 2. The normalized spacial score (nSPS) is 33.4. The molecule has 3 fully saturated rings. The first-order valence-electron chi connectivity index (χ1n) is 10.3. The van der Waals surface area contributed by atoms with Crippen molar-refractivity contribution < 1.29 is 29.0 Å². The minimum atomic E-state index is -1.10. The van der Waals surface area contributed by atoms with E-state index in [1.807, 2.05) is 0 Å². The van der Waals surface area contributed by atoms with E-state index in [1.54, 1.807) is 31.4 Å². The number of anilines is 1. The number of aliphatic hydroxyl groups is 1. The molecular formula is C21H26BrN3O6. The number of carbonyl (C=O) groups excluding carboxylic acids is 3. The molecule has 1 spiro atoms. The van der Waals surface area contributed by atoms with Gasteiger partial charge in [0.05, 0.1) is 25.0 Å². The summed E-state index contributed by atoms with van der Waals surface area (Å²) in [5.74, 6) is -1.68. The molecule has 3 N–H and O–H groups in total. The number of fused-ring (bicyclic) bond motifs is 1. The predicted molar refractivity (Wildman–Crippen MR) is 115 cm³/mol. The number of rotatable bonds is 7. The molecule has 0 saturated carbocycles. The van der Waals surface area contributed by atoms with Crippen LogP contribution in [0.4, 0.5) is 5.69 Å². The van der Waals surface area contributed by atoms with E-state index in [1.165, 1.54) is 11.9 Å². The van der Waals surface area contributed by atoms with Crippen LogP contribution in [0.5, 0.6) is 5.75 Å². The van der Waals surface area contributed by atoms with Crippen molar-refractivity contribution in [3.63, 3.8) is 0 Å². The molecule has 3 amide bonds. The lowest BCUT2D eigenvalue weighted by atomic mass is 9.70. The number of alkyl halides is 1. The third kappa shape index (κ3) is 3.41. The fraction of sp³-hybridized carbons (Fsp3) is 0.571. The summed E-state index contributed by atoms with van der Waals surface area (Å²) in [4.78, 5) is 40.9. The average molecular weight is 496 g/mol. The third-order valence-corrected chi connectivity index (χ3v) is 7.35. The summed E-state index contributed by atoms with van der Waals surface area (Å²) in [6.07, 6.45) is 0.287. The summed E-state index contributed by atoms with van der Waals surface area (Å²) in [6.45, 7) is 0.0907. The van der Waals surface area contributed by atoms with Crippen molar-refractivity contribution in [2.45, 2.75) is 35.4 Å². The zero-order chi connectivity index (χ0) is 22.3. The van der Waals surface area contributed by atoms with Gasteiger partial charge >= 0.3 is 0 Å². The highest BCUT2D eigenvalue weighted by molar-refractivity contribution is 9.09. The Labute approximate surface area is 188 Å². The molecule has 0 radical (unpaired) electrons. The lowest BCUT2D eigenvalue weighted by Gasteiger charge is -2.34. The van der Waals surface area contributed by atoms with Crippen LogP contribution < -0.4 is 15.4 Å². The third-order valence-electron chi connectivity index (χ3n) is 6.50. The Hall–Kier alpha value is -2.17. The van der Waals surface area contributed by atoms with Gasteiger partial charge in [-0.1, -0.05) is 15.9 Å². The molecule has 3 unspecified atom stereocenters. The molecule has 6 atom stereocenters. The zero-order valence-electron chi connectivity index (χ0n) is 17.3. The van der Waals surface area contributed by atoms with Crippen molar-refractivity contribution in [2.75, 3.05) is 32.6 Å². The van der Waals surface area contributed by atoms with Gasteiger partial charge in [0.15, 0.2) is 0 Å². The van der Waals surface area contributed by atoms with Gasteiger partial charge in [0, 0.05) is 30.7 Å². The number of carbonyl (C=O) groups is 3. The highest BCUT2D eigenvalue weighted by Gasteiger charge is 2.76. The number of halogens is 1. The van der Waals surface area contributed by atoms with Crippen LogP contribution in [0.3, 0.4) is 0 Å². The van der Waals surface area contributed by atoms with E-state index in [-0.39, 0.29) is 35.7 Å². The van der Waals surface area contributed by atoms with Gasteiger partial charge in [0.1, 0.15) is 17.4 Å². The van der Waals surface area contributed by atoms with Crippen LogP contribution in [0.2, 0.25) is 0 Å². The van der Waals surface area contributed by atoms with E-state index in [4.69, 9.17) is 9.47 Å². The number of hydrogen-bond donors (Lipinski definition) is 3. The average Bonchev–Trinajstić information content (AvgIpc) is 3.35. The molecule has 0 aromatic heterocycles. The molecule has 10 heteroatoms. The van der Waals surface area contributed by atoms with Gasteiger partial charge in [-0.25, -0.2) is 0 Å². The summed E-state index contributed by atoms with van der Waals surface area (Å²) in [5.41, 5.74) is -0.537. The van der Waals surface area contributed by atoms with E-state index < -0.39 is 29.6 Å². The van der Waals surface area contributed by atoms with Crippen LogP contribution in [0, 0.1) is 11.8 Å². The summed E-state index contributed by atoms with van der Waals surface area (Å²) >= 11 is 3.60. The molecular weight excluding hydrogens is 470 g/mol. The molecule has 3 aliphatic rings. The predicted octanol–water partition coefficient (Wildman–Crippen LogP) is 0.510. The first kappa shape index (κ1) is 22.0. The Morgan fingerprint density at radius 2 is 2.03 bits per heavy atom. The highest BCUT2D eigenvalue weighted by atomic mass is 79.9. The highest BCUT2D eigenvalue weighted by Crippen LogP contribution is 2.60. The molecule has 1 aromatic rings. The minimum Gasteiger partial charge on any atom is -0.497 e. The Kier molecular flexibility index (Phi) is 5.97. The number of nitrogens with zero attached hydrogens (tertiary/aromatic N) is 1. The van der Waals surface area contributed by atoms with Gasteiger partial charge in [-0.15, -0.1) is 0 Å². The van der Waals surface area contributed by atoms with Gasteiger partial charge in [-0.2, -0.15) is 0 Å². The number of benzene rings is 1. The van der Waals surface area contributed by atoms with Crippen molar-refractivity contribution in [2.24, 2.45) is 11.8 Å². The molecule has 9 nitrogen and oxygen atoms in total. The summed E-state index contributed by atoms with van der Waals surface area (Å²) in [6, 6.07) is 5.99. The molecule has 31 heavy (non-hydrogen) atoms. The standard InChI is InChI=1S/C21H26BrN3O6/c1-23-18(27)14-15-20(29)25(8-3-9-26)17(21(15)10-13(22)16(14)31-21)19(28)24-11-4-6-12(30-2)7-5-11/h4-7,13-17,26H,3,8-10H2,1-2H3,(H,23,27)(H,24,28)/t13?,14-,15+,16-,17?,21?/m1/s1. The maximum Gasteiger partial charge on any atom is 0.250 e. The second kappa shape index (κ2) is 8.40. The van der Waals surface area contributed by atoms with E-state index in [9.17, 15) is 19.5 Å². The number of ether oxygens (including phenoxy) is 2. The van der Waals surface area contributed by atoms with Crippen molar-refractivity contribution in [3.05, 3.63) is 24.3 Å². The topological polar surface area (TPSA) is 117 Å². The Morgan fingerprint density at radius 3 is 2.65 bits per heavy atom. The van der Waals surface area contributed by atoms with Gasteiger partial charge < -0.3 is 30.1 Å². The fourth-order valence-corrected chi connectivity index (χ4v) is 6.21.